The molecule has 0 unspecified atom stereocenters. The molecule has 27 heavy (non-hydrogen) atoms. The molecule has 0 radical (unpaired) electrons. The fourth-order valence-electron chi connectivity index (χ4n) is 2.61. The zero-order valence-electron chi connectivity index (χ0n) is 15.4. The number of furan rings is 1. The zero-order chi connectivity index (χ0) is 19.6. The van der Waals surface area contributed by atoms with E-state index in [-0.39, 0.29) is 12.5 Å². The van der Waals surface area contributed by atoms with E-state index in [1.165, 1.54) is 6.26 Å². The van der Waals surface area contributed by atoms with Crippen molar-refractivity contribution in [3.8, 4) is 0 Å². The molecule has 1 aromatic carbocycles. The molecule has 0 aliphatic carbocycles. The molecule has 0 aliphatic rings. The number of esters is 1. The Kier molecular flexibility index (Phi) is 7.61. The van der Waals surface area contributed by atoms with Crippen molar-refractivity contribution in [1.82, 2.24) is 10.6 Å². The van der Waals surface area contributed by atoms with Gasteiger partial charge in [-0.05, 0) is 23.6 Å². The minimum Gasteiger partial charge on any atom is -0.467 e. The van der Waals surface area contributed by atoms with Crippen LogP contribution in [0.25, 0.3) is 0 Å². The van der Waals surface area contributed by atoms with E-state index in [4.69, 9.17) is 9.15 Å². The highest BCUT2D eigenvalue weighted by Crippen LogP contribution is 2.28. The third-order valence-corrected chi connectivity index (χ3v) is 4.23. The molecule has 2 atom stereocenters. The Bertz CT molecular complexity index is 743. The molecule has 0 bridgehead atoms. The smallest absolute Gasteiger partial charge is 0.321 e. The van der Waals surface area contributed by atoms with Crippen LogP contribution in [0.4, 0.5) is 4.79 Å². The van der Waals surface area contributed by atoms with Crippen LogP contribution in [0.3, 0.4) is 0 Å². The summed E-state index contributed by atoms with van der Waals surface area (Å²) in [7, 11) is 0. The maximum Gasteiger partial charge on any atom is 0.321 e. The molecule has 0 aliphatic heterocycles. The summed E-state index contributed by atoms with van der Waals surface area (Å²) < 4.78 is 10.2. The zero-order valence-corrected chi connectivity index (χ0v) is 15.4. The predicted octanol–water partition coefficient (Wildman–Crippen LogP) is 2.98. The Morgan fingerprint density at radius 1 is 1.11 bits per heavy atom. The van der Waals surface area contributed by atoms with Gasteiger partial charge in [-0.3, -0.25) is 14.9 Å². The van der Waals surface area contributed by atoms with Gasteiger partial charge in [0.1, 0.15) is 5.76 Å². The van der Waals surface area contributed by atoms with Gasteiger partial charge >= 0.3 is 12.0 Å². The van der Waals surface area contributed by atoms with Crippen LogP contribution in [0.2, 0.25) is 0 Å². The molecule has 0 spiro atoms. The first-order chi connectivity index (χ1) is 13.0. The number of hydrogen-bond donors (Lipinski definition) is 2. The van der Waals surface area contributed by atoms with Gasteiger partial charge in [0, 0.05) is 0 Å². The van der Waals surface area contributed by atoms with Crippen molar-refractivity contribution in [2.24, 2.45) is 5.92 Å². The summed E-state index contributed by atoms with van der Waals surface area (Å²) in [6, 6.07) is 12.0. The molecule has 2 aromatic rings. The van der Waals surface area contributed by atoms with Crippen LogP contribution in [-0.2, 0) is 20.9 Å². The quantitative estimate of drug-likeness (QED) is 0.694. The van der Waals surface area contributed by atoms with Crippen molar-refractivity contribution in [3.05, 3.63) is 60.1 Å². The van der Waals surface area contributed by atoms with Crippen LogP contribution in [0.1, 0.15) is 37.5 Å². The third-order valence-electron chi connectivity index (χ3n) is 4.23. The minimum atomic E-state index is -0.698. The molecule has 0 saturated heterocycles. The van der Waals surface area contributed by atoms with Crippen LogP contribution in [0.15, 0.2) is 53.1 Å². The monoisotopic (exact) mass is 372 g/mol. The summed E-state index contributed by atoms with van der Waals surface area (Å²) in [5.41, 5.74) is 0.841. The van der Waals surface area contributed by atoms with Gasteiger partial charge in [-0.15, -0.1) is 0 Å². The molecule has 0 saturated carbocycles. The van der Waals surface area contributed by atoms with Crippen LogP contribution in [0.5, 0.6) is 0 Å². The van der Waals surface area contributed by atoms with Crippen molar-refractivity contribution < 1.29 is 23.5 Å². The van der Waals surface area contributed by atoms with E-state index in [0.717, 1.165) is 12.0 Å². The van der Waals surface area contributed by atoms with Gasteiger partial charge in [-0.2, -0.15) is 0 Å². The molecule has 7 nitrogen and oxygen atoms in total. The lowest BCUT2D eigenvalue weighted by Crippen LogP contribution is -2.41. The largest absolute Gasteiger partial charge is 0.467 e. The molecule has 1 aromatic heterocycles. The second-order valence-corrected chi connectivity index (χ2v) is 6.19. The van der Waals surface area contributed by atoms with Crippen LogP contribution >= 0.6 is 0 Å². The number of rotatable bonds is 8. The van der Waals surface area contributed by atoms with Gasteiger partial charge in [-0.25, -0.2) is 4.79 Å². The second-order valence-electron chi connectivity index (χ2n) is 6.19. The number of carbonyl (C=O) groups excluding carboxylic acids is 3. The number of ether oxygens (including phenoxy) is 1. The normalized spacial score (nSPS) is 12.7. The van der Waals surface area contributed by atoms with Gasteiger partial charge in [-0.1, -0.05) is 50.6 Å². The van der Waals surface area contributed by atoms with Crippen molar-refractivity contribution in [1.29, 1.82) is 0 Å². The lowest BCUT2D eigenvalue weighted by atomic mass is 9.86. The molecule has 2 N–H and O–H groups in total. The van der Waals surface area contributed by atoms with Crippen LogP contribution in [-0.4, -0.2) is 24.5 Å². The number of benzene rings is 1. The van der Waals surface area contributed by atoms with E-state index >= 15 is 0 Å². The number of carbonyl (C=O) groups is 3. The van der Waals surface area contributed by atoms with Gasteiger partial charge in [0.05, 0.1) is 18.7 Å². The van der Waals surface area contributed by atoms with Gasteiger partial charge in [0.15, 0.2) is 6.61 Å². The average molecular weight is 372 g/mol. The van der Waals surface area contributed by atoms with E-state index < -0.39 is 30.4 Å². The first-order valence-corrected chi connectivity index (χ1v) is 8.83. The van der Waals surface area contributed by atoms with Gasteiger partial charge in [0.2, 0.25) is 0 Å². The maximum absolute atomic E-state index is 12.5. The van der Waals surface area contributed by atoms with Crippen molar-refractivity contribution >= 4 is 17.9 Å². The van der Waals surface area contributed by atoms with Crippen molar-refractivity contribution in [2.75, 3.05) is 6.61 Å². The summed E-state index contributed by atoms with van der Waals surface area (Å²) in [5, 5.41) is 4.59. The molecule has 144 valence electrons. The second kappa shape index (κ2) is 10.2. The Labute approximate surface area is 158 Å². The maximum atomic E-state index is 12.5. The van der Waals surface area contributed by atoms with Gasteiger partial charge < -0.3 is 14.5 Å². The number of nitrogens with one attached hydrogen (secondary N) is 2. The standard InChI is InChI=1S/C20H24N2O5/c1-3-14(2)18(15-8-5-4-6-9-15)19(24)27-13-17(23)22-20(25)21-12-16-10-7-11-26-16/h4-11,14,18H,3,12-13H2,1-2H3,(H2,21,22,23,25)/t14-,18+/m1/s1. The molecule has 2 rings (SSSR count). The summed E-state index contributed by atoms with van der Waals surface area (Å²) in [6.07, 6.45) is 2.27. The molecular formula is C20H24N2O5. The Hall–Kier alpha value is -3.09. The van der Waals surface area contributed by atoms with Crippen molar-refractivity contribution in [2.45, 2.75) is 32.7 Å². The molecular weight excluding hydrogens is 348 g/mol. The first kappa shape index (κ1) is 20.2. The molecule has 3 amide bonds. The SMILES string of the molecule is CC[C@@H](C)[C@H](C(=O)OCC(=O)NC(=O)NCc1ccco1)c1ccccc1. The Balaban J connectivity index is 1.83. The van der Waals surface area contributed by atoms with Gasteiger partial charge in [0.25, 0.3) is 5.91 Å². The fourth-order valence-corrected chi connectivity index (χ4v) is 2.61. The number of amides is 3. The summed E-state index contributed by atoms with van der Waals surface area (Å²) in [5.74, 6) is -1.03. The number of hydrogen-bond acceptors (Lipinski definition) is 5. The number of imide groups is 1. The third kappa shape index (κ3) is 6.29. The summed E-state index contributed by atoms with van der Waals surface area (Å²) in [4.78, 5) is 36.0. The predicted molar refractivity (Wildman–Crippen MR) is 98.7 cm³/mol. The lowest BCUT2D eigenvalue weighted by Gasteiger charge is -2.21. The summed E-state index contributed by atoms with van der Waals surface area (Å²) >= 11 is 0. The van der Waals surface area contributed by atoms with Crippen molar-refractivity contribution in [3.63, 3.8) is 0 Å². The van der Waals surface area contributed by atoms with E-state index in [9.17, 15) is 14.4 Å². The van der Waals surface area contributed by atoms with E-state index in [2.05, 4.69) is 10.6 Å². The first-order valence-electron chi connectivity index (χ1n) is 8.83. The molecule has 0 fully saturated rings. The van der Waals surface area contributed by atoms with E-state index in [1.54, 1.807) is 12.1 Å². The number of urea groups is 1. The highest BCUT2D eigenvalue weighted by molar-refractivity contribution is 5.95. The molecule has 1 heterocycles. The van der Waals surface area contributed by atoms with Crippen LogP contribution < -0.4 is 10.6 Å². The fraction of sp³-hybridized carbons (Fsp3) is 0.350. The Morgan fingerprint density at radius 2 is 1.85 bits per heavy atom. The highest BCUT2D eigenvalue weighted by atomic mass is 16.5. The van der Waals surface area contributed by atoms with Crippen LogP contribution in [0, 0.1) is 5.92 Å². The average Bonchev–Trinajstić information content (AvgIpc) is 3.19. The lowest BCUT2D eigenvalue weighted by molar-refractivity contribution is -0.151. The summed E-state index contributed by atoms with van der Waals surface area (Å²) in [6.45, 7) is 3.58. The minimum absolute atomic E-state index is 0.0551. The highest BCUT2D eigenvalue weighted by Gasteiger charge is 2.27. The topological polar surface area (TPSA) is 97.6 Å². The Morgan fingerprint density at radius 3 is 2.48 bits per heavy atom. The van der Waals surface area contributed by atoms with E-state index in [1.807, 2.05) is 44.2 Å². The molecule has 7 heteroatoms. The van der Waals surface area contributed by atoms with E-state index in [0.29, 0.717) is 5.76 Å².